The Balaban J connectivity index is 1.89. The topological polar surface area (TPSA) is 41.6 Å². The molecule has 14 heavy (non-hydrogen) atoms. The highest BCUT2D eigenvalue weighted by Crippen LogP contribution is 2.49. The van der Waals surface area contributed by atoms with Crippen molar-refractivity contribution in [3.63, 3.8) is 0 Å². The molecule has 3 rings (SSSR count). The van der Waals surface area contributed by atoms with E-state index in [-0.39, 0.29) is 6.10 Å². The molecular formula is C11H17NO2. The van der Waals surface area contributed by atoms with Gasteiger partial charge in [0, 0.05) is 18.5 Å². The van der Waals surface area contributed by atoms with Crippen molar-refractivity contribution in [2.45, 2.75) is 62.8 Å². The number of hydrogen-bond acceptors (Lipinski definition) is 3. The summed E-state index contributed by atoms with van der Waals surface area (Å²) in [5, 5.41) is 3.55. The predicted octanol–water partition coefficient (Wildman–Crippen LogP) is 1.02. The maximum Gasteiger partial charge on any atom is 0.168 e. The molecule has 0 aliphatic carbocycles. The minimum absolute atomic E-state index is 0.234. The average Bonchev–Trinajstić information content (AvgIpc) is 2.74. The lowest BCUT2D eigenvalue weighted by Gasteiger charge is -2.18. The number of ether oxygens (including phenoxy) is 1. The zero-order valence-electron chi connectivity index (χ0n) is 8.58. The lowest BCUT2D eigenvalue weighted by atomic mass is 9.86. The van der Waals surface area contributed by atoms with Crippen LogP contribution in [0.1, 0.15) is 39.0 Å². The highest BCUT2D eigenvalue weighted by Gasteiger charge is 2.67. The molecule has 3 fully saturated rings. The normalized spacial score (nSPS) is 49.6. The van der Waals surface area contributed by atoms with E-state index in [0.717, 1.165) is 12.8 Å². The molecule has 4 atom stereocenters. The van der Waals surface area contributed by atoms with Crippen molar-refractivity contribution in [1.29, 1.82) is 0 Å². The van der Waals surface area contributed by atoms with Crippen LogP contribution < -0.4 is 5.32 Å². The second-order valence-corrected chi connectivity index (χ2v) is 4.75. The fourth-order valence-electron chi connectivity index (χ4n) is 3.23. The highest BCUT2D eigenvalue weighted by molar-refractivity contribution is 5.91. The molecule has 78 valence electrons. The van der Waals surface area contributed by atoms with Crippen molar-refractivity contribution in [1.82, 2.24) is 5.32 Å². The summed E-state index contributed by atoms with van der Waals surface area (Å²) >= 11 is 0. The Morgan fingerprint density at radius 2 is 2.21 bits per heavy atom. The number of nitrogens with one attached hydrogen (secondary N) is 1. The number of carbonyl (C=O) groups is 1. The first-order valence-corrected chi connectivity index (χ1v) is 5.74. The summed E-state index contributed by atoms with van der Waals surface area (Å²) in [6.45, 7) is 1.94. The van der Waals surface area contributed by atoms with Crippen molar-refractivity contribution in [3.05, 3.63) is 0 Å². The standard InChI is InChI=1S/C11H17NO2/c1-2-9(13)11-8-5-3-7(12-8)4-6-10(11)14-11/h7-8,10,12H,2-6H2,1H3/t7-,8+,10+,11+/m0/s1. The summed E-state index contributed by atoms with van der Waals surface area (Å²) in [7, 11) is 0. The van der Waals surface area contributed by atoms with E-state index in [9.17, 15) is 4.79 Å². The Morgan fingerprint density at radius 3 is 3.00 bits per heavy atom. The number of epoxide rings is 1. The van der Waals surface area contributed by atoms with Crippen LogP contribution in [0.25, 0.3) is 0 Å². The summed E-state index contributed by atoms with van der Waals surface area (Å²) in [5.74, 6) is 0.308. The second-order valence-electron chi connectivity index (χ2n) is 4.75. The Labute approximate surface area is 84.2 Å². The van der Waals surface area contributed by atoms with Crippen molar-refractivity contribution in [2.24, 2.45) is 0 Å². The largest absolute Gasteiger partial charge is 0.356 e. The summed E-state index contributed by atoms with van der Waals surface area (Å²) in [6, 6.07) is 0.963. The monoisotopic (exact) mass is 195 g/mol. The summed E-state index contributed by atoms with van der Waals surface area (Å²) in [5.41, 5.74) is -0.403. The molecule has 3 aliphatic heterocycles. The van der Waals surface area contributed by atoms with Crippen LogP contribution in [0.15, 0.2) is 0 Å². The smallest absolute Gasteiger partial charge is 0.168 e. The van der Waals surface area contributed by atoms with Crippen molar-refractivity contribution >= 4 is 5.78 Å². The van der Waals surface area contributed by atoms with Gasteiger partial charge in [0.1, 0.15) is 0 Å². The first-order valence-electron chi connectivity index (χ1n) is 5.74. The minimum atomic E-state index is -0.403. The van der Waals surface area contributed by atoms with E-state index < -0.39 is 5.60 Å². The van der Waals surface area contributed by atoms with Crippen molar-refractivity contribution in [3.8, 4) is 0 Å². The van der Waals surface area contributed by atoms with Crippen LogP contribution in [-0.4, -0.2) is 29.6 Å². The molecule has 2 bridgehead atoms. The van der Waals surface area contributed by atoms with Crippen molar-refractivity contribution in [2.75, 3.05) is 0 Å². The Kier molecular flexibility index (Phi) is 1.77. The Hall–Kier alpha value is -0.410. The summed E-state index contributed by atoms with van der Waals surface area (Å²) < 4.78 is 5.72. The Bertz CT molecular complexity index is 278. The highest BCUT2D eigenvalue weighted by atomic mass is 16.6. The van der Waals surface area contributed by atoms with Gasteiger partial charge in [-0.3, -0.25) is 4.79 Å². The molecule has 0 unspecified atom stereocenters. The van der Waals surface area contributed by atoms with Gasteiger partial charge in [-0.2, -0.15) is 0 Å². The molecular weight excluding hydrogens is 178 g/mol. The lowest BCUT2D eigenvalue weighted by molar-refractivity contribution is -0.124. The van der Waals surface area contributed by atoms with Crippen molar-refractivity contribution < 1.29 is 9.53 Å². The van der Waals surface area contributed by atoms with Gasteiger partial charge in [-0.15, -0.1) is 0 Å². The summed E-state index contributed by atoms with van der Waals surface area (Å²) in [6.07, 6.45) is 5.43. The predicted molar refractivity (Wildman–Crippen MR) is 52.1 cm³/mol. The molecule has 0 amide bonds. The number of Topliss-reactive ketones (excluding diaryl/α,β-unsaturated/α-hetero) is 1. The second kappa shape index (κ2) is 2.80. The van der Waals surface area contributed by atoms with Gasteiger partial charge < -0.3 is 10.1 Å². The molecule has 0 aromatic rings. The number of fused-ring (bicyclic) bond motifs is 4. The van der Waals surface area contributed by atoms with Gasteiger partial charge in [0.05, 0.1) is 6.10 Å². The average molecular weight is 195 g/mol. The maximum absolute atomic E-state index is 11.9. The molecule has 3 heterocycles. The van der Waals surface area contributed by atoms with E-state index in [0.29, 0.717) is 24.3 Å². The van der Waals surface area contributed by atoms with Crippen LogP contribution in [0.4, 0.5) is 0 Å². The molecule has 0 aromatic heterocycles. The van der Waals surface area contributed by atoms with E-state index >= 15 is 0 Å². The third-order valence-electron chi connectivity index (χ3n) is 4.05. The van der Waals surface area contributed by atoms with Gasteiger partial charge in [-0.25, -0.2) is 0 Å². The van der Waals surface area contributed by atoms with Crippen LogP contribution >= 0.6 is 0 Å². The molecule has 0 saturated carbocycles. The van der Waals surface area contributed by atoms with Crippen LogP contribution in [0.5, 0.6) is 0 Å². The van der Waals surface area contributed by atoms with Gasteiger partial charge in [-0.1, -0.05) is 6.92 Å². The van der Waals surface area contributed by atoms with E-state index in [4.69, 9.17) is 4.74 Å². The van der Waals surface area contributed by atoms with Crippen LogP contribution in [0.2, 0.25) is 0 Å². The molecule has 0 spiro atoms. The van der Waals surface area contributed by atoms with Crippen LogP contribution in [0.3, 0.4) is 0 Å². The summed E-state index contributed by atoms with van der Waals surface area (Å²) in [4.78, 5) is 11.9. The van der Waals surface area contributed by atoms with Gasteiger partial charge in [0.15, 0.2) is 11.4 Å². The van der Waals surface area contributed by atoms with E-state index in [1.807, 2.05) is 6.92 Å². The number of rotatable bonds is 2. The van der Waals surface area contributed by atoms with Crippen LogP contribution in [-0.2, 0) is 9.53 Å². The first kappa shape index (κ1) is 8.86. The quantitative estimate of drug-likeness (QED) is 0.669. The molecule has 0 radical (unpaired) electrons. The first-order chi connectivity index (χ1) is 6.77. The number of carbonyl (C=O) groups excluding carboxylic acids is 1. The van der Waals surface area contributed by atoms with E-state index in [2.05, 4.69) is 5.32 Å². The molecule has 3 aliphatic rings. The van der Waals surface area contributed by atoms with Gasteiger partial charge in [0.2, 0.25) is 0 Å². The van der Waals surface area contributed by atoms with Gasteiger partial charge in [-0.05, 0) is 25.7 Å². The number of hydrogen-bond donors (Lipinski definition) is 1. The maximum atomic E-state index is 11.9. The third-order valence-corrected chi connectivity index (χ3v) is 4.05. The molecule has 3 saturated heterocycles. The molecule has 0 aromatic carbocycles. The van der Waals surface area contributed by atoms with Gasteiger partial charge >= 0.3 is 0 Å². The zero-order chi connectivity index (χ0) is 9.76. The fourth-order valence-corrected chi connectivity index (χ4v) is 3.23. The zero-order valence-corrected chi connectivity index (χ0v) is 8.58. The lowest BCUT2D eigenvalue weighted by Crippen LogP contribution is -2.45. The minimum Gasteiger partial charge on any atom is -0.356 e. The number of ketones is 1. The van der Waals surface area contributed by atoms with Crippen LogP contribution in [0, 0.1) is 0 Å². The SMILES string of the molecule is CCC(=O)[C@@]12O[C@@H]1CC[C@@H]1CC[C@H]2N1. The third kappa shape index (κ3) is 0.971. The molecule has 3 nitrogen and oxygen atoms in total. The molecule has 1 N–H and O–H groups in total. The molecule has 3 heteroatoms. The fraction of sp³-hybridized carbons (Fsp3) is 0.909. The van der Waals surface area contributed by atoms with Gasteiger partial charge in [0.25, 0.3) is 0 Å². The van der Waals surface area contributed by atoms with E-state index in [1.54, 1.807) is 0 Å². The van der Waals surface area contributed by atoms with E-state index in [1.165, 1.54) is 12.8 Å². The Morgan fingerprint density at radius 1 is 1.43 bits per heavy atom.